The number of aromatic nitrogens is 3. The van der Waals surface area contributed by atoms with Crippen molar-refractivity contribution in [3.05, 3.63) is 120 Å². The molecular formula is C31H33N3O6. The van der Waals surface area contributed by atoms with Crippen LogP contribution in [0, 0.1) is 0 Å². The van der Waals surface area contributed by atoms with Gasteiger partial charge in [-0.3, -0.25) is 0 Å². The van der Waals surface area contributed by atoms with Crippen LogP contribution in [0.25, 0.3) is 0 Å². The van der Waals surface area contributed by atoms with Crippen LogP contribution in [-0.2, 0) is 43.5 Å². The third-order valence-electron chi connectivity index (χ3n) is 6.48. The summed E-state index contributed by atoms with van der Waals surface area (Å²) in [6, 6.07) is 29.8. The molecule has 1 fully saturated rings. The minimum atomic E-state index is -0.703. The minimum absolute atomic E-state index is 0.0437. The number of carbonyl (C=O) groups is 1. The summed E-state index contributed by atoms with van der Waals surface area (Å²) in [6.07, 6.45) is -0.762. The number of carbonyl (C=O) groups excluding carboxylic acids is 1. The van der Waals surface area contributed by atoms with Crippen LogP contribution in [0.3, 0.4) is 0 Å². The monoisotopic (exact) mass is 543 g/mol. The van der Waals surface area contributed by atoms with Crippen LogP contribution < -0.4 is 0 Å². The Kier molecular flexibility index (Phi) is 9.65. The summed E-state index contributed by atoms with van der Waals surface area (Å²) in [6.45, 7) is 3.38. The van der Waals surface area contributed by atoms with E-state index in [2.05, 4.69) is 10.1 Å². The molecule has 4 aromatic rings. The van der Waals surface area contributed by atoms with Crippen molar-refractivity contribution in [1.29, 1.82) is 0 Å². The molecule has 3 aromatic carbocycles. The van der Waals surface area contributed by atoms with Gasteiger partial charge < -0.3 is 23.7 Å². The van der Waals surface area contributed by atoms with E-state index in [0.717, 1.165) is 16.7 Å². The predicted octanol–water partition coefficient (Wildman–Crippen LogP) is 4.74. The van der Waals surface area contributed by atoms with Crippen molar-refractivity contribution in [3.8, 4) is 0 Å². The molecule has 9 heteroatoms. The second-order valence-electron chi connectivity index (χ2n) is 9.36. The van der Waals surface area contributed by atoms with Gasteiger partial charge in [0, 0.05) is 0 Å². The van der Waals surface area contributed by atoms with Crippen LogP contribution in [0.4, 0.5) is 0 Å². The van der Waals surface area contributed by atoms with Crippen LogP contribution in [0.1, 0.15) is 40.5 Å². The maximum Gasteiger partial charge on any atom is 0.378 e. The third-order valence-corrected chi connectivity index (χ3v) is 6.48. The summed E-state index contributed by atoms with van der Waals surface area (Å²) in [5.74, 6) is -0.640. The number of ether oxygens (including phenoxy) is 5. The molecule has 1 aliphatic heterocycles. The Labute approximate surface area is 233 Å². The Hall–Kier alpha value is -3.89. The number of hydrogen-bond acceptors (Lipinski definition) is 8. The number of rotatable bonds is 13. The number of benzene rings is 3. The molecule has 1 saturated heterocycles. The van der Waals surface area contributed by atoms with E-state index in [9.17, 15) is 4.79 Å². The summed E-state index contributed by atoms with van der Waals surface area (Å²) in [5.41, 5.74) is 3.10. The van der Waals surface area contributed by atoms with E-state index >= 15 is 0 Å². The lowest BCUT2D eigenvalue weighted by Gasteiger charge is -2.25. The molecular weight excluding hydrogens is 510 g/mol. The highest BCUT2D eigenvalue weighted by Gasteiger charge is 2.48. The van der Waals surface area contributed by atoms with Crippen LogP contribution in [0.15, 0.2) is 97.3 Å². The van der Waals surface area contributed by atoms with Crippen LogP contribution in [0.2, 0.25) is 0 Å². The molecule has 5 rings (SSSR count). The van der Waals surface area contributed by atoms with Crippen molar-refractivity contribution in [2.24, 2.45) is 0 Å². The molecule has 1 aromatic heterocycles. The molecule has 0 radical (unpaired) electrons. The summed E-state index contributed by atoms with van der Waals surface area (Å²) in [4.78, 5) is 16.4. The standard InChI is InChI=1S/C31H33N3O6/c1-2-37-31(35)29-32-22-34(33-29)30-28(39-20-25-16-10-5-11-17-25)27(38-19-24-14-8-4-9-15-24)26(40-30)21-36-18-23-12-6-3-7-13-23/h3-17,22,26-28,30H,2,18-21H2,1H3/t26-,27-,28+,30+/m1/s1. The Bertz CT molecular complexity index is 1320. The molecule has 0 N–H and O–H groups in total. The molecule has 0 bridgehead atoms. The normalized spacial score (nSPS) is 20.4. The average Bonchev–Trinajstić information content (AvgIpc) is 3.62. The second-order valence-corrected chi connectivity index (χ2v) is 9.36. The first kappa shape index (κ1) is 27.7. The highest BCUT2D eigenvalue weighted by molar-refractivity contribution is 5.84. The molecule has 0 unspecified atom stereocenters. The quantitative estimate of drug-likeness (QED) is 0.223. The van der Waals surface area contributed by atoms with Gasteiger partial charge in [-0.15, -0.1) is 5.10 Å². The zero-order chi connectivity index (χ0) is 27.6. The first-order valence-electron chi connectivity index (χ1n) is 13.4. The van der Waals surface area contributed by atoms with Gasteiger partial charge in [-0.25, -0.2) is 14.5 Å². The van der Waals surface area contributed by atoms with Crippen LogP contribution >= 0.6 is 0 Å². The first-order valence-corrected chi connectivity index (χ1v) is 13.4. The number of esters is 1. The largest absolute Gasteiger partial charge is 0.460 e. The molecule has 1 aliphatic rings. The van der Waals surface area contributed by atoms with E-state index in [1.54, 1.807) is 6.92 Å². The molecule has 9 nitrogen and oxygen atoms in total. The SMILES string of the molecule is CCOC(=O)c1ncn([C@H]2O[C@H](COCc3ccccc3)[C@@H](OCc3ccccc3)[C@@H]2OCc2ccccc2)n1. The maximum atomic E-state index is 12.3. The van der Waals surface area contributed by atoms with Crippen molar-refractivity contribution in [3.63, 3.8) is 0 Å². The number of hydrogen-bond donors (Lipinski definition) is 0. The highest BCUT2D eigenvalue weighted by Crippen LogP contribution is 2.35. The van der Waals surface area contributed by atoms with Crippen LogP contribution in [0.5, 0.6) is 0 Å². The Morgan fingerprint density at radius 2 is 1.35 bits per heavy atom. The second kappa shape index (κ2) is 14.0. The predicted molar refractivity (Wildman–Crippen MR) is 146 cm³/mol. The molecule has 4 atom stereocenters. The van der Waals surface area contributed by atoms with Gasteiger partial charge >= 0.3 is 5.97 Å². The summed E-state index contributed by atoms with van der Waals surface area (Å²) >= 11 is 0. The third kappa shape index (κ3) is 7.19. The van der Waals surface area contributed by atoms with E-state index in [0.29, 0.717) is 19.8 Å². The van der Waals surface area contributed by atoms with Gasteiger partial charge in [-0.05, 0) is 23.6 Å². The maximum absolute atomic E-state index is 12.3. The van der Waals surface area contributed by atoms with Gasteiger partial charge in [0.2, 0.25) is 0 Å². The van der Waals surface area contributed by atoms with Gasteiger partial charge in [0.25, 0.3) is 5.82 Å². The van der Waals surface area contributed by atoms with Gasteiger partial charge in [0.15, 0.2) is 6.23 Å². The molecule has 40 heavy (non-hydrogen) atoms. The van der Waals surface area contributed by atoms with Crippen LogP contribution in [-0.4, -0.2) is 52.3 Å². The molecule has 208 valence electrons. The number of nitrogens with zero attached hydrogens (tertiary/aromatic N) is 3. The van der Waals surface area contributed by atoms with E-state index in [1.165, 1.54) is 11.0 Å². The first-order chi connectivity index (χ1) is 19.7. The van der Waals surface area contributed by atoms with Gasteiger partial charge in [0.05, 0.1) is 33.0 Å². The van der Waals surface area contributed by atoms with Crippen molar-refractivity contribution in [2.75, 3.05) is 13.2 Å². The van der Waals surface area contributed by atoms with E-state index < -0.39 is 30.5 Å². The van der Waals surface area contributed by atoms with Gasteiger partial charge in [-0.1, -0.05) is 91.0 Å². The molecule has 0 saturated carbocycles. The summed E-state index contributed by atoms with van der Waals surface area (Å²) < 4.78 is 32.0. The van der Waals surface area contributed by atoms with E-state index in [4.69, 9.17) is 23.7 Å². The zero-order valence-electron chi connectivity index (χ0n) is 22.4. The lowest BCUT2D eigenvalue weighted by molar-refractivity contribution is -0.0934. The highest BCUT2D eigenvalue weighted by atomic mass is 16.6. The Morgan fingerprint density at radius 3 is 1.93 bits per heavy atom. The fraction of sp³-hybridized carbons (Fsp3) is 0.323. The summed E-state index contributed by atoms with van der Waals surface area (Å²) in [7, 11) is 0. The summed E-state index contributed by atoms with van der Waals surface area (Å²) in [5, 5.41) is 4.36. The van der Waals surface area contributed by atoms with Crippen molar-refractivity contribution >= 4 is 5.97 Å². The van der Waals surface area contributed by atoms with Crippen molar-refractivity contribution in [1.82, 2.24) is 14.8 Å². The fourth-order valence-corrected chi connectivity index (χ4v) is 4.52. The lowest BCUT2D eigenvalue weighted by atomic mass is 10.1. The lowest BCUT2D eigenvalue weighted by Crippen LogP contribution is -2.38. The Balaban J connectivity index is 1.38. The van der Waals surface area contributed by atoms with Gasteiger partial charge in [-0.2, -0.15) is 0 Å². The molecule has 2 heterocycles. The molecule has 0 amide bonds. The smallest absolute Gasteiger partial charge is 0.378 e. The van der Waals surface area contributed by atoms with Gasteiger partial charge in [0.1, 0.15) is 24.6 Å². The van der Waals surface area contributed by atoms with E-state index in [-0.39, 0.29) is 19.0 Å². The van der Waals surface area contributed by atoms with E-state index in [1.807, 2.05) is 91.0 Å². The minimum Gasteiger partial charge on any atom is -0.460 e. The Morgan fingerprint density at radius 1 is 0.800 bits per heavy atom. The molecule has 0 aliphatic carbocycles. The fourth-order valence-electron chi connectivity index (χ4n) is 4.52. The zero-order valence-corrected chi connectivity index (χ0v) is 22.4. The topological polar surface area (TPSA) is 93.9 Å². The molecule has 0 spiro atoms. The average molecular weight is 544 g/mol. The van der Waals surface area contributed by atoms with Crippen molar-refractivity contribution in [2.45, 2.75) is 51.3 Å². The van der Waals surface area contributed by atoms with Crippen molar-refractivity contribution < 1.29 is 28.5 Å².